The molecular formula is C17H24N4S2. The predicted octanol–water partition coefficient (Wildman–Crippen LogP) is 3.61. The van der Waals surface area contributed by atoms with E-state index in [0.29, 0.717) is 6.54 Å². The number of hydrogen-bond acceptors (Lipinski definition) is 4. The lowest BCUT2D eigenvalue weighted by Gasteiger charge is -2.10. The summed E-state index contributed by atoms with van der Waals surface area (Å²) in [7, 11) is 0. The Morgan fingerprint density at radius 1 is 1.22 bits per heavy atom. The molecule has 0 saturated carbocycles. The number of nitrogens with zero attached hydrogens (tertiary/aromatic N) is 2. The van der Waals surface area contributed by atoms with Gasteiger partial charge in [-0.1, -0.05) is 17.7 Å². The van der Waals surface area contributed by atoms with Crippen LogP contribution in [0, 0.1) is 13.8 Å². The van der Waals surface area contributed by atoms with Gasteiger partial charge in [0.25, 0.3) is 0 Å². The number of aromatic nitrogens is 1. The summed E-state index contributed by atoms with van der Waals surface area (Å²) < 4.78 is 0. The molecule has 0 fully saturated rings. The largest absolute Gasteiger partial charge is 0.357 e. The number of aryl methyl sites for hydroxylation is 2. The monoisotopic (exact) mass is 348 g/mol. The van der Waals surface area contributed by atoms with E-state index in [-0.39, 0.29) is 0 Å². The lowest BCUT2D eigenvalue weighted by atomic mass is 10.2. The van der Waals surface area contributed by atoms with E-state index in [1.807, 2.05) is 18.0 Å². The predicted molar refractivity (Wildman–Crippen MR) is 102 cm³/mol. The summed E-state index contributed by atoms with van der Waals surface area (Å²) in [6.45, 7) is 8.61. The highest BCUT2D eigenvalue weighted by molar-refractivity contribution is 7.99. The van der Waals surface area contributed by atoms with Gasteiger partial charge in [0.1, 0.15) is 5.01 Å². The second kappa shape index (κ2) is 9.57. The van der Waals surface area contributed by atoms with E-state index in [4.69, 9.17) is 0 Å². The second-order valence-electron chi connectivity index (χ2n) is 5.15. The van der Waals surface area contributed by atoms with Gasteiger partial charge < -0.3 is 10.6 Å². The van der Waals surface area contributed by atoms with Gasteiger partial charge in [-0.2, -0.15) is 0 Å². The number of hydrogen-bond donors (Lipinski definition) is 2. The van der Waals surface area contributed by atoms with Crippen LogP contribution < -0.4 is 10.6 Å². The molecule has 0 amide bonds. The minimum atomic E-state index is 0.624. The first kappa shape index (κ1) is 17.8. The summed E-state index contributed by atoms with van der Waals surface area (Å²) in [5.74, 6) is 1.86. The number of thioether (sulfide) groups is 1. The van der Waals surface area contributed by atoms with E-state index < -0.39 is 0 Å². The Morgan fingerprint density at radius 2 is 2.00 bits per heavy atom. The van der Waals surface area contributed by atoms with Gasteiger partial charge in [-0.3, -0.25) is 0 Å². The molecule has 0 atom stereocenters. The van der Waals surface area contributed by atoms with E-state index in [0.717, 1.165) is 29.8 Å². The molecule has 1 heterocycles. The van der Waals surface area contributed by atoms with Crippen molar-refractivity contribution in [1.29, 1.82) is 0 Å². The van der Waals surface area contributed by atoms with E-state index in [1.165, 1.54) is 15.3 Å². The molecule has 0 saturated heterocycles. The first-order valence-electron chi connectivity index (χ1n) is 7.80. The van der Waals surface area contributed by atoms with Crippen molar-refractivity contribution in [2.45, 2.75) is 32.2 Å². The molecule has 4 nitrogen and oxygen atoms in total. The third kappa shape index (κ3) is 6.62. The smallest absolute Gasteiger partial charge is 0.191 e. The van der Waals surface area contributed by atoms with Gasteiger partial charge >= 0.3 is 0 Å². The third-order valence-electron chi connectivity index (χ3n) is 3.07. The highest BCUT2D eigenvalue weighted by Crippen LogP contribution is 2.17. The molecule has 6 heteroatoms. The van der Waals surface area contributed by atoms with Crippen LogP contribution in [0.3, 0.4) is 0 Å². The van der Waals surface area contributed by atoms with Gasteiger partial charge in [-0.15, -0.1) is 23.1 Å². The highest BCUT2D eigenvalue weighted by Gasteiger charge is 2.01. The van der Waals surface area contributed by atoms with Crippen molar-refractivity contribution in [3.63, 3.8) is 0 Å². The van der Waals surface area contributed by atoms with Crippen LogP contribution in [-0.4, -0.2) is 29.8 Å². The zero-order valence-electron chi connectivity index (χ0n) is 13.9. The Labute approximate surface area is 146 Å². The molecule has 1 aromatic heterocycles. The van der Waals surface area contributed by atoms with Crippen molar-refractivity contribution in [1.82, 2.24) is 15.6 Å². The number of guanidine groups is 1. The van der Waals surface area contributed by atoms with Crippen LogP contribution in [0.15, 0.2) is 40.4 Å². The van der Waals surface area contributed by atoms with Crippen LogP contribution in [0.2, 0.25) is 0 Å². The van der Waals surface area contributed by atoms with Crippen molar-refractivity contribution in [2.75, 3.05) is 18.8 Å². The normalized spacial score (nSPS) is 11.5. The number of thiazole rings is 1. The number of rotatable bonds is 7. The SMILES string of the molecule is CCNC(=NCc1ncc(C)s1)NCCSc1ccc(C)cc1. The first-order chi connectivity index (χ1) is 11.2. The zero-order valence-corrected chi connectivity index (χ0v) is 15.6. The first-order valence-corrected chi connectivity index (χ1v) is 9.60. The maximum Gasteiger partial charge on any atom is 0.191 e. The molecule has 0 bridgehead atoms. The van der Waals surface area contributed by atoms with Gasteiger partial charge in [0, 0.05) is 34.8 Å². The maximum absolute atomic E-state index is 4.59. The molecule has 0 aliphatic carbocycles. The molecule has 2 aromatic rings. The molecule has 0 spiro atoms. The van der Waals surface area contributed by atoms with Crippen LogP contribution in [-0.2, 0) is 6.54 Å². The van der Waals surface area contributed by atoms with Crippen molar-refractivity contribution in [3.8, 4) is 0 Å². The van der Waals surface area contributed by atoms with Crippen LogP contribution in [0.1, 0.15) is 22.4 Å². The standard InChI is InChI=1S/C17H24N4S2/c1-4-18-17(21-12-16-20-11-14(3)23-16)19-9-10-22-15-7-5-13(2)6-8-15/h5-8,11H,4,9-10,12H2,1-3H3,(H2,18,19,21). The molecule has 0 radical (unpaired) electrons. The highest BCUT2D eigenvalue weighted by atomic mass is 32.2. The molecule has 0 aliphatic heterocycles. The lowest BCUT2D eigenvalue weighted by Crippen LogP contribution is -2.38. The van der Waals surface area contributed by atoms with Crippen LogP contribution >= 0.6 is 23.1 Å². The van der Waals surface area contributed by atoms with Crippen molar-refractivity contribution in [2.24, 2.45) is 4.99 Å². The molecule has 124 valence electrons. The number of nitrogens with one attached hydrogen (secondary N) is 2. The summed E-state index contributed by atoms with van der Waals surface area (Å²) in [5, 5.41) is 7.70. The fraction of sp³-hybridized carbons (Fsp3) is 0.412. The van der Waals surface area contributed by atoms with Crippen LogP contribution in [0.25, 0.3) is 0 Å². The van der Waals surface area contributed by atoms with Crippen LogP contribution in [0.4, 0.5) is 0 Å². The molecule has 0 unspecified atom stereocenters. The van der Waals surface area contributed by atoms with Gasteiger partial charge in [-0.25, -0.2) is 9.98 Å². The van der Waals surface area contributed by atoms with Gasteiger partial charge in [0.05, 0.1) is 6.54 Å². The van der Waals surface area contributed by atoms with E-state index in [1.54, 1.807) is 11.3 Å². The Kier molecular flexibility index (Phi) is 7.42. The molecule has 0 aliphatic rings. The fourth-order valence-electron chi connectivity index (χ4n) is 1.94. The van der Waals surface area contributed by atoms with E-state index >= 15 is 0 Å². The lowest BCUT2D eigenvalue weighted by molar-refractivity contribution is 0.841. The molecule has 2 N–H and O–H groups in total. The van der Waals surface area contributed by atoms with Gasteiger partial charge in [0.2, 0.25) is 0 Å². The fourth-order valence-corrected chi connectivity index (χ4v) is 3.42. The van der Waals surface area contributed by atoms with E-state index in [2.05, 4.69) is 65.6 Å². The van der Waals surface area contributed by atoms with Crippen molar-refractivity contribution < 1.29 is 0 Å². The summed E-state index contributed by atoms with van der Waals surface area (Å²) >= 11 is 3.55. The van der Waals surface area contributed by atoms with E-state index in [9.17, 15) is 0 Å². The van der Waals surface area contributed by atoms with Gasteiger partial charge in [0.15, 0.2) is 5.96 Å². The zero-order chi connectivity index (χ0) is 16.5. The Balaban J connectivity index is 1.76. The average Bonchev–Trinajstić information content (AvgIpc) is 2.96. The quantitative estimate of drug-likeness (QED) is 0.347. The number of aliphatic imine (C=N–C) groups is 1. The van der Waals surface area contributed by atoms with Crippen LogP contribution in [0.5, 0.6) is 0 Å². The Morgan fingerprint density at radius 3 is 2.65 bits per heavy atom. The summed E-state index contributed by atoms with van der Waals surface area (Å²) in [6.07, 6.45) is 1.90. The maximum atomic E-state index is 4.59. The van der Waals surface area contributed by atoms with Gasteiger partial charge in [-0.05, 0) is 32.9 Å². The minimum absolute atomic E-state index is 0.624. The topological polar surface area (TPSA) is 49.3 Å². The summed E-state index contributed by atoms with van der Waals surface area (Å²) in [5.41, 5.74) is 1.30. The van der Waals surface area contributed by atoms with Crippen molar-refractivity contribution in [3.05, 3.63) is 45.9 Å². The van der Waals surface area contributed by atoms with Crippen molar-refractivity contribution >= 4 is 29.1 Å². The third-order valence-corrected chi connectivity index (χ3v) is 4.98. The Hall–Kier alpha value is -1.53. The number of benzene rings is 1. The molecule has 2 rings (SSSR count). The summed E-state index contributed by atoms with van der Waals surface area (Å²) in [6, 6.07) is 8.64. The molecular weight excluding hydrogens is 324 g/mol. The summed E-state index contributed by atoms with van der Waals surface area (Å²) in [4.78, 5) is 11.5. The minimum Gasteiger partial charge on any atom is -0.357 e. The average molecular weight is 349 g/mol. The molecule has 1 aromatic carbocycles. The molecule has 23 heavy (non-hydrogen) atoms. The Bertz CT molecular complexity index is 620. The second-order valence-corrected chi connectivity index (χ2v) is 7.64.